The standard InChI is InChI=1S/C17H17N5O4/c1-11-19-16(21-26-11)13-4-2-12(3-5-13)10-18-14(23)6-8-22-9-7-15(24)20-17(22)25/h2-5,7,9H,6,8,10H2,1H3,(H,18,23)(H,20,24,25). The van der Waals surface area contributed by atoms with Crippen molar-refractivity contribution < 1.29 is 9.32 Å². The summed E-state index contributed by atoms with van der Waals surface area (Å²) in [5.41, 5.74) is 0.755. The predicted molar refractivity (Wildman–Crippen MR) is 92.3 cm³/mol. The van der Waals surface area contributed by atoms with Crippen LogP contribution in [0.5, 0.6) is 0 Å². The van der Waals surface area contributed by atoms with Crippen molar-refractivity contribution in [2.75, 3.05) is 0 Å². The number of rotatable bonds is 6. The number of benzene rings is 1. The Kier molecular flexibility index (Phi) is 5.07. The van der Waals surface area contributed by atoms with E-state index in [4.69, 9.17) is 4.52 Å². The van der Waals surface area contributed by atoms with E-state index in [0.29, 0.717) is 18.3 Å². The Hall–Kier alpha value is -3.49. The van der Waals surface area contributed by atoms with Crippen molar-refractivity contribution in [3.63, 3.8) is 0 Å². The lowest BCUT2D eigenvalue weighted by molar-refractivity contribution is -0.121. The van der Waals surface area contributed by atoms with E-state index in [-0.39, 0.29) is 18.9 Å². The number of hydrogen-bond acceptors (Lipinski definition) is 6. The molecule has 0 saturated heterocycles. The molecule has 0 fully saturated rings. The summed E-state index contributed by atoms with van der Waals surface area (Å²) in [6.07, 6.45) is 1.50. The highest BCUT2D eigenvalue weighted by molar-refractivity contribution is 5.75. The molecule has 0 aliphatic rings. The summed E-state index contributed by atoms with van der Waals surface area (Å²) in [4.78, 5) is 40.8. The monoisotopic (exact) mass is 355 g/mol. The van der Waals surface area contributed by atoms with Gasteiger partial charge < -0.3 is 14.4 Å². The molecule has 9 heteroatoms. The summed E-state index contributed by atoms with van der Waals surface area (Å²) in [5, 5.41) is 6.64. The highest BCUT2D eigenvalue weighted by atomic mass is 16.5. The number of nitrogens with zero attached hydrogens (tertiary/aromatic N) is 3. The third kappa shape index (κ3) is 4.32. The largest absolute Gasteiger partial charge is 0.352 e. The molecule has 0 radical (unpaired) electrons. The average molecular weight is 355 g/mol. The fraction of sp³-hybridized carbons (Fsp3) is 0.235. The molecular formula is C17H17N5O4. The number of amides is 1. The minimum atomic E-state index is -0.530. The Morgan fingerprint density at radius 3 is 2.65 bits per heavy atom. The van der Waals surface area contributed by atoms with Crippen molar-refractivity contribution in [1.29, 1.82) is 0 Å². The molecule has 1 amide bonds. The number of nitrogens with one attached hydrogen (secondary N) is 2. The van der Waals surface area contributed by atoms with Crippen LogP contribution in [0.2, 0.25) is 0 Å². The van der Waals surface area contributed by atoms with Crippen LogP contribution in [0.15, 0.2) is 50.6 Å². The molecule has 0 saturated carbocycles. The molecule has 9 nitrogen and oxygen atoms in total. The van der Waals surface area contributed by atoms with Crippen molar-refractivity contribution in [2.24, 2.45) is 0 Å². The van der Waals surface area contributed by atoms with Crippen LogP contribution in [0.1, 0.15) is 17.9 Å². The van der Waals surface area contributed by atoms with Gasteiger partial charge in [0.15, 0.2) is 0 Å². The van der Waals surface area contributed by atoms with Crippen molar-refractivity contribution in [3.05, 3.63) is 68.8 Å². The molecular weight excluding hydrogens is 338 g/mol. The van der Waals surface area contributed by atoms with E-state index in [1.807, 2.05) is 24.3 Å². The molecule has 3 rings (SSSR count). The minimum Gasteiger partial charge on any atom is -0.352 e. The number of aryl methyl sites for hydroxylation is 2. The molecule has 1 aromatic carbocycles. The third-order valence-electron chi connectivity index (χ3n) is 3.71. The van der Waals surface area contributed by atoms with Gasteiger partial charge in [-0.2, -0.15) is 4.98 Å². The van der Waals surface area contributed by atoms with Crippen molar-refractivity contribution in [1.82, 2.24) is 25.0 Å². The van der Waals surface area contributed by atoms with Gasteiger partial charge in [0, 0.05) is 44.3 Å². The van der Waals surface area contributed by atoms with Crippen molar-refractivity contribution in [2.45, 2.75) is 26.4 Å². The van der Waals surface area contributed by atoms with E-state index in [1.165, 1.54) is 16.8 Å². The number of carbonyl (C=O) groups excluding carboxylic acids is 1. The zero-order chi connectivity index (χ0) is 18.5. The fourth-order valence-electron chi connectivity index (χ4n) is 2.32. The predicted octanol–water partition coefficient (Wildman–Crippen LogP) is 0.602. The maximum absolute atomic E-state index is 11.9. The highest BCUT2D eigenvalue weighted by Crippen LogP contribution is 2.16. The molecule has 0 spiro atoms. The zero-order valence-electron chi connectivity index (χ0n) is 14.1. The first-order chi connectivity index (χ1) is 12.5. The lowest BCUT2D eigenvalue weighted by Crippen LogP contribution is -2.31. The molecule has 0 aliphatic heterocycles. The Bertz CT molecular complexity index is 1020. The number of aromatic nitrogens is 4. The van der Waals surface area contributed by atoms with Crippen LogP contribution in [0.4, 0.5) is 0 Å². The quantitative estimate of drug-likeness (QED) is 0.667. The van der Waals surface area contributed by atoms with Gasteiger partial charge in [0.2, 0.25) is 17.6 Å². The first-order valence-electron chi connectivity index (χ1n) is 7.97. The molecule has 2 aromatic heterocycles. The van der Waals surface area contributed by atoms with Crippen LogP contribution in [0.25, 0.3) is 11.4 Å². The zero-order valence-corrected chi connectivity index (χ0v) is 14.1. The van der Waals surface area contributed by atoms with Gasteiger partial charge in [-0.1, -0.05) is 29.4 Å². The van der Waals surface area contributed by atoms with Gasteiger partial charge in [0.25, 0.3) is 5.56 Å². The second-order valence-corrected chi connectivity index (χ2v) is 5.66. The molecule has 2 N–H and O–H groups in total. The maximum atomic E-state index is 11.9. The summed E-state index contributed by atoms with van der Waals surface area (Å²) in [6.45, 7) is 2.28. The fourth-order valence-corrected chi connectivity index (χ4v) is 2.32. The molecule has 0 aliphatic carbocycles. The highest BCUT2D eigenvalue weighted by Gasteiger charge is 2.07. The third-order valence-corrected chi connectivity index (χ3v) is 3.71. The number of carbonyl (C=O) groups is 1. The molecule has 0 atom stereocenters. The number of aromatic amines is 1. The Morgan fingerprint density at radius 2 is 2.00 bits per heavy atom. The molecule has 0 unspecified atom stereocenters. The van der Waals surface area contributed by atoms with Gasteiger partial charge in [0.1, 0.15) is 0 Å². The van der Waals surface area contributed by atoms with Crippen LogP contribution in [0, 0.1) is 6.92 Å². The van der Waals surface area contributed by atoms with Crippen LogP contribution < -0.4 is 16.6 Å². The smallest absolute Gasteiger partial charge is 0.328 e. The SMILES string of the molecule is Cc1nc(-c2ccc(CNC(=O)CCn3ccc(=O)[nH]c3=O)cc2)no1. The topological polar surface area (TPSA) is 123 Å². The van der Waals surface area contributed by atoms with Gasteiger partial charge in [-0.25, -0.2) is 4.79 Å². The van der Waals surface area contributed by atoms with E-state index < -0.39 is 11.2 Å². The van der Waals surface area contributed by atoms with Crippen LogP contribution in [0.3, 0.4) is 0 Å². The number of hydrogen-bond donors (Lipinski definition) is 2. The first-order valence-corrected chi connectivity index (χ1v) is 7.97. The van der Waals surface area contributed by atoms with Crippen LogP contribution in [-0.2, 0) is 17.9 Å². The van der Waals surface area contributed by atoms with Gasteiger partial charge >= 0.3 is 5.69 Å². The first kappa shape index (κ1) is 17.3. The van der Waals surface area contributed by atoms with E-state index in [1.54, 1.807) is 6.92 Å². The van der Waals surface area contributed by atoms with E-state index in [2.05, 4.69) is 20.4 Å². The lowest BCUT2D eigenvalue weighted by Gasteiger charge is -2.07. The number of H-pyrrole nitrogens is 1. The van der Waals surface area contributed by atoms with Gasteiger partial charge in [-0.15, -0.1) is 0 Å². The minimum absolute atomic E-state index is 0.131. The summed E-state index contributed by atoms with van der Waals surface area (Å²) in [6, 6.07) is 8.69. The molecule has 134 valence electrons. The second kappa shape index (κ2) is 7.60. The maximum Gasteiger partial charge on any atom is 0.328 e. The average Bonchev–Trinajstić information content (AvgIpc) is 3.06. The van der Waals surface area contributed by atoms with Gasteiger partial charge in [0.05, 0.1) is 0 Å². The van der Waals surface area contributed by atoms with E-state index in [0.717, 1.165) is 11.1 Å². The molecule has 0 bridgehead atoms. The van der Waals surface area contributed by atoms with E-state index >= 15 is 0 Å². The van der Waals surface area contributed by atoms with Gasteiger partial charge in [-0.05, 0) is 5.56 Å². The normalized spacial score (nSPS) is 10.7. The van der Waals surface area contributed by atoms with E-state index in [9.17, 15) is 14.4 Å². The summed E-state index contributed by atoms with van der Waals surface area (Å²) >= 11 is 0. The Labute approximate surface area is 147 Å². The molecule has 26 heavy (non-hydrogen) atoms. The van der Waals surface area contributed by atoms with Gasteiger partial charge in [-0.3, -0.25) is 14.6 Å². The molecule has 2 heterocycles. The second-order valence-electron chi connectivity index (χ2n) is 5.66. The van der Waals surface area contributed by atoms with Crippen LogP contribution >= 0.6 is 0 Å². The van der Waals surface area contributed by atoms with Crippen molar-refractivity contribution >= 4 is 5.91 Å². The summed E-state index contributed by atoms with van der Waals surface area (Å²) < 4.78 is 6.22. The van der Waals surface area contributed by atoms with Crippen LogP contribution in [-0.4, -0.2) is 25.6 Å². The Balaban J connectivity index is 1.51. The molecule has 3 aromatic rings. The van der Waals surface area contributed by atoms with Crippen molar-refractivity contribution in [3.8, 4) is 11.4 Å². The lowest BCUT2D eigenvalue weighted by atomic mass is 10.1. The summed E-state index contributed by atoms with van der Waals surface area (Å²) in [7, 11) is 0. The summed E-state index contributed by atoms with van der Waals surface area (Å²) in [5.74, 6) is 0.823. The Morgan fingerprint density at radius 1 is 1.23 bits per heavy atom.